The second-order valence-electron chi connectivity index (χ2n) is 14.9. The minimum absolute atomic E-state index is 0.252. The van der Waals surface area contributed by atoms with Crippen molar-refractivity contribution in [2.45, 2.75) is 84.0 Å². The van der Waals surface area contributed by atoms with Crippen molar-refractivity contribution < 1.29 is 30.5 Å². The normalized spacial score (nSPS) is 21.9. The van der Waals surface area contributed by atoms with E-state index in [0.29, 0.717) is 44.7 Å². The van der Waals surface area contributed by atoms with Gasteiger partial charge >= 0.3 is 0 Å². The molecule has 2 N–H and O–H groups in total. The first-order chi connectivity index (χ1) is 23.4. The van der Waals surface area contributed by atoms with Gasteiger partial charge in [-0.05, 0) is 80.7 Å². The SMILES string of the molecule is CC1CC(=CC=C2N(CCCCS(=O)(=O)O)c3ccccc3C2(C)C)C(Cl)=C(C=CC2=[N+](CCCCS(=O)(=O)O)c3ccccc3C2(C)C)C1. The van der Waals surface area contributed by atoms with Gasteiger partial charge in [-0.15, -0.1) is 0 Å². The maximum absolute atomic E-state index is 11.3. The summed E-state index contributed by atoms with van der Waals surface area (Å²) in [5.41, 5.74) is 8.44. The number of anilines is 1. The van der Waals surface area contributed by atoms with E-state index in [9.17, 15) is 25.9 Å². The van der Waals surface area contributed by atoms with Gasteiger partial charge in [0.1, 0.15) is 6.54 Å². The molecule has 1 aliphatic carbocycles. The molecule has 0 bridgehead atoms. The Bertz CT molecular complexity index is 2010. The maximum Gasteiger partial charge on any atom is 0.264 e. The Hall–Kier alpha value is -3.02. The van der Waals surface area contributed by atoms with Gasteiger partial charge in [-0.3, -0.25) is 9.11 Å². The Morgan fingerprint density at radius 2 is 1.44 bits per heavy atom. The predicted molar refractivity (Wildman–Crippen MR) is 204 cm³/mol. The van der Waals surface area contributed by atoms with Gasteiger partial charge in [-0.2, -0.15) is 21.4 Å². The van der Waals surface area contributed by atoms with E-state index in [1.54, 1.807) is 0 Å². The summed E-state index contributed by atoms with van der Waals surface area (Å²) < 4.78 is 66.1. The monoisotopic (exact) mass is 741 g/mol. The molecule has 5 rings (SSSR count). The van der Waals surface area contributed by atoms with Gasteiger partial charge in [0.2, 0.25) is 5.69 Å². The van der Waals surface area contributed by atoms with Crippen molar-refractivity contribution in [2.75, 3.05) is 29.5 Å². The van der Waals surface area contributed by atoms with Crippen LogP contribution in [0.5, 0.6) is 0 Å². The van der Waals surface area contributed by atoms with Gasteiger partial charge in [0.05, 0.1) is 16.9 Å². The first-order valence-electron chi connectivity index (χ1n) is 17.4. The average molecular weight is 742 g/mol. The molecule has 0 fully saturated rings. The number of rotatable bonds is 13. The van der Waals surface area contributed by atoms with E-state index in [1.165, 1.54) is 11.1 Å². The second kappa shape index (κ2) is 14.9. The highest BCUT2D eigenvalue weighted by atomic mass is 35.5. The van der Waals surface area contributed by atoms with Crippen LogP contribution in [0.15, 0.2) is 94.7 Å². The number of benzene rings is 2. The zero-order chi connectivity index (χ0) is 36.5. The fourth-order valence-electron chi connectivity index (χ4n) is 7.72. The van der Waals surface area contributed by atoms with Crippen LogP contribution in [-0.2, 0) is 31.1 Å². The van der Waals surface area contributed by atoms with Crippen LogP contribution < -0.4 is 4.90 Å². The highest BCUT2D eigenvalue weighted by Gasteiger charge is 2.44. The molecule has 0 saturated heterocycles. The molecule has 2 aliphatic heterocycles. The Morgan fingerprint density at radius 3 is 2.12 bits per heavy atom. The van der Waals surface area contributed by atoms with E-state index in [1.807, 2.05) is 24.3 Å². The predicted octanol–water partition coefficient (Wildman–Crippen LogP) is 8.49. The van der Waals surface area contributed by atoms with Crippen molar-refractivity contribution in [1.29, 1.82) is 0 Å². The van der Waals surface area contributed by atoms with Gasteiger partial charge in [0.15, 0.2) is 5.71 Å². The molecule has 50 heavy (non-hydrogen) atoms. The Labute approximate surface area is 303 Å². The lowest BCUT2D eigenvalue weighted by Gasteiger charge is -2.28. The summed E-state index contributed by atoms with van der Waals surface area (Å²) in [5, 5.41) is 0.748. The molecule has 2 aromatic carbocycles. The van der Waals surface area contributed by atoms with Crippen molar-refractivity contribution in [3.63, 3.8) is 0 Å². The zero-order valence-electron chi connectivity index (χ0n) is 29.7. The standard InChI is InChI=1S/C39H49ClN2O6S2/c1-28-26-29(18-20-35-38(2,3)31-14-6-8-16-33(31)41(35)22-10-12-24-49(43,44)45)37(40)30(27-28)19-21-36-39(4,5)32-15-7-9-17-34(32)42(36)23-11-13-25-50(46,47)48/h6-9,14-21,28H,10-13,22-27H2,1-5H3,(H-,43,44,45,46,47,48)/p+1. The minimum atomic E-state index is -4.00. The summed E-state index contributed by atoms with van der Waals surface area (Å²) in [5.74, 6) is -0.127. The lowest BCUT2D eigenvalue weighted by Crippen LogP contribution is -2.28. The van der Waals surface area contributed by atoms with Crippen LogP contribution in [0.4, 0.5) is 11.4 Å². The minimum Gasteiger partial charge on any atom is -0.344 e. The molecular weight excluding hydrogens is 692 g/mol. The summed E-state index contributed by atoms with van der Waals surface area (Å²) in [6.45, 7) is 12.3. The van der Waals surface area contributed by atoms with Crippen molar-refractivity contribution in [3.8, 4) is 0 Å². The molecule has 0 amide bonds. The average Bonchev–Trinajstić information content (AvgIpc) is 3.38. The molecule has 270 valence electrons. The fraction of sp³-hybridized carbons (Fsp3) is 0.462. The third kappa shape index (κ3) is 8.53. The van der Waals surface area contributed by atoms with Crippen LogP contribution in [0.2, 0.25) is 0 Å². The molecule has 0 radical (unpaired) electrons. The van der Waals surface area contributed by atoms with E-state index < -0.39 is 20.2 Å². The third-order valence-corrected chi connectivity index (χ3v) is 12.3. The van der Waals surface area contributed by atoms with Crippen LogP contribution in [0, 0.1) is 5.92 Å². The van der Waals surface area contributed by atoms with Gasteiger partial charge in [-0.1, -0.05) is 80.9 Å². The Kier molecular flexibility index (Phi) is 11.4. The topological polar surface area (TPSA) is 115 Å². The number of hydrogen-bond donors (Lipinski definition) is 2. The molecule has 0 saturated carbocycles. The largest absolute Gasteiger partial charge is 0.344 e. The highest BCUT2D eigenvalue weighted by Crippen LogP contribution is 2.48. The lowest BCUT2D eigenvalue weighted by atomic mass is 9.80. The number of para-hydroxylation sites is 2. The van der Waals surface area contributed by atoms with Gasteiger partial charge in [0, 0.05) is 52.5 Å². The van der Waals surface area contributed by atoms with E-state index in [4.69, 9.17) is 11.6 Å². The lowest BCUT2D eigenvalue weighted by molar-refractivity contribution is -0.438. The number of allylic oxidation sites excluding steroid dienone is 8. The summed E-state index contributed by atoms with van der Waals surface area (Å²) >= 11 is 7.20. The molecule has 2 heterocycles. The van der Waals surface area contributed by atoms with Crippen LogP contribution in [0.1, 0.15) is 84.3 Å². The van der Waals surface area contributed by atoms with Gasteiger partial charge in [0.25, 0.3) is 20.2 Å². The molecule has 0 aromatic heterocycles. The molecule has 11 heteroatoms. The second-order valence-corrected chi connectivity index (χ2v) is 18.4. The number of unbranched alkanes of at least 4 members (excludes halogenated alkanes) is 2. The zero-order valence-corrected chi connectivity index (χ0v) is 32.1. The van der Waals surface area contributed by atoms with Gasteiger partial charge in [-0.25, -0.2) is 0 Å². The van der Waals surface area contributed by atoms with Gasteiger partial charge < -0.3 is 4.90 Å². The van der Waals surface area contributed by atoms with Crippen LogP contribution >= 0.6 is 11.6 Å². The number of hydrogen-bond acceptors (Lipinski definition) is 5. The molecule has 2 aromatic rings. The summed E-state index contributed by atoms with van der Waals surface area (Å²) in [6.07, 6.45) is 12.3. The van der Waals surface area contributed by atoms with E-state index in [2.05, 4.69) is 92.7 Å². The first-order valence-corrected chi connectivity index (χ1v) is 21.0. The molecular formula is C39H50ClN2O6S2+. The number of fused-ring (bicyclic) bond motifs is 2. The Morgan fingerprint density at radius 1 is 0.820 bits per heavy atom. The van der Waals surface area contributed by atoms with E-state index in [-0.39, 0.29) is 22.3 Å². The molecule has 1 atom stereocenters. The van der Waals surface area contributed by atoms with Crippen LogP contribution in [-0.4, -0.2) is 60.8 Å². The van der Waals surface area contributed by atoms with Crippen molar-refractivity contribution in [2.24, 2.45) is 5.92 Å². The van der Waals surface area contributed by atoms with E-state index in [0.717, 1.165) is 51.8 Å². The number of nitrogens with zero attached hydrogens (tertiary/aromatic N) is 2. The Balaban J connectivity index is 1.46. The smallest absolute Gasteiger partial charge is 0.264 e. The summed E-state index contributed by atoms with van der Waals surface area (Å²) in [6, 6.07) is 16.6. The number of halogens is 1. The molecule has 1 unspecified atom stereocenters. The molecule has 0 spiro atoms. The van der Waals surface area contributed by atoms with Crippen molar-refractivity contribution in [1.82, 2.24) is 0 Å². The maximum atomic E-state index is 11.3. The third-order valence-electron chi connectivity index (χ3n) is 10.3. The van der Waals surface area contributed by atoms with Crippen LogP contribution in [0.25, 0.3) is 0 Å². The first kappa shape index (κ1) is 38.2. The molecule has 8 nitrogen and oxygen atoms in total. The van der Waals surface area contributed by atoms with Crippen LogP contribution in [0.3, 0.4) is 0 Å². The van der Waals surface area contributed by atoms with Crippen molar-refractivity contribution in [3.05, 3.63) is 106 Å². The van der Waals surface area contributed by atoms with E-state index >= 15 is 0 Å². The fourth-order valence-corrected chi connectivity index (χ4v) is 9.14. The van der Waals surface area contributed by atoms with Crippen molar-refractivity contribution >= 4 is 48.9 Å². The summed E-state index contributed by atoms with van der Waals surface area (Å²) in [7, 11) is -8.01. The molecule has 3 aliphatic rings. The summed E-state index contributed by atoms with van der Waals surface area (Å²) in [4.78, 5) is 2.27. The quantitative estimate of drug-likeness (QED) is 0.120. The highest BCUT2D eigenvalue weighted by molar-refractivity contribution is 7.86.